The summed E-state index contributed by atoms with van der Waals surface area (Å²) in [5.41, 5.74) is 0. The maximum absolute atomic E-state index is 8.53. The van der Waals surface area contributed by atoms with Gasteiger partial charge in [-0.1, -0.05) is 0 Å². The van der Waals surface area contributed by atoms with Crippen molar-refractivity contribution in [3.63, 3.8) is 0 Å². The number of aromatic nitrogens is 2. The highest BCUT2D eigenvalue weighted by Gasteiger charge is 2.03. The normalized spacial score (nSPS) is 9.00. The van der Waals surface area contributed by atoms with Crippen molar-refractivity contribution in [1.29, 1.82) is 0 Å². The van der Waals surface area contributed by atoms with Crippen LogP contribution in [0.1, 0.15) is 12.2 Å². The molecule has 0 aromatic carbocycles. The van der Waals surface area contributed by atoms with Crippen molar-refractivity contribution in [3.8, 4) is 0 Å². The Morgan fingerprint density at radius 3 is 2.57 bits per heavy atom. The summed E-state index contributed by atoms with van der Waals surface area (Å²) in [5, 5.41) is 23.3. The number of imidazole rings is 1. The van der Waals surface area contributed by atoms with Crippen LogP contribution >= 0.6 is 0 Å². The van der Waals surface area contributed by atoms with Crippen molar-refractivity contribution in [1.82, 2.24) is 4.98 Å². The second-order valence-electron chi connectivity index (χ2n) is 2.57. The molecule has 0 bridgehead atoms. The molecule has 0 radical (unpaired) electrons. The summed E-state index contributed by atoms with van der Waals surface area (Å²) in [4.78, 5) is 11.3. The predicted molar refractivity (Wildman–Crippen MR) is 47.7 cm³/mol. The number of aliphatic hydroxyl groups excluding tert-OH is 1. The Kier molecular flexibility index (Phi) is 6.04. The Morgan fingerprint density at radius 2 is 2.21 bits per heavy atom. The molecule has 2 N–H and O–H groups in total. The van der Waals surface area contributed by atoms with Crippen LogP contribution in [0, 0.1) is 15.3 Å². The monoisotopic (exact) mass is 203 g/mol. The minimum absolute atomic E-state index is 0.263. The third-order valence-electron chi connectivity index (χ3n) is 1.55. The second-order valence-corrected chi connectivity index (χ2v) is 2.57. The van der Waals surface area contributed by atoms with E-state index in [0.29, 0.717) is 0 Å². The molecule has 14 heavy (non-hydrogen) atoms. The SMILES string of the molecule is C[n+]1cc[nH]c1CCCO.O=[N+]([O-])[O-]. The fourth-order valence-corrected chi connectivity index (χ4v) is 0.932. The first-order valence-electron chi connectivity index (χ1n) is 4.02. The lowest BCUT2D eigenvalue weighted by atomic mass is 10.3. The number of hydrogen-bond donors (Lipinski definition) is 2. The molecule has 0 fully saturated rings. The standard InChI is InChI=1S/C7H12N2O.NO3/c1-9-5-4-8-7(9)3-2-6-10;2-1(3)4/h4-5,10H,2-3,6H2,1H3;/q;-1/p+1. The summed E-state index contributed by atoms with van der Waals surface area (Å²) in [6.45, 7) is 0.263. The third kappa shape index (κ3) is 5.95. The molecule has 0 aliphatic heterocycles. The molecule has 0 saturated carbocycles. The number of aliphatic hydroxyl groups is 1. The zero-order valence-electron chi connectivity index (χ0n) is 7.84. The first-order valence-corrected chi connectivity index (χ1v) is 4.02. The highest BCUT2D eigenvalue weighted by molar-refractivity contribution is 4.76. The first-order chi connectivity index (χ1) is 6.57. The van der Waals surface area contributed by atoms with E-state index in [9.17, 15) is 0 Å². The summed E-state index contributed by atoms with van der Waals surface area (Å²) in [6, 6.07) is 0. The molecule has 1 rings (SSSR count). The number of nitrogens with one attached hydrogen (secondary N) is 1. The number of aromatic amines is 1. The van der Waals surface area contributed by atoms with Crippen molar-refractivity contribution in [2.75, 3.05) is 6.61 Å². The van der Waals surface area contributed by atoms with Crippen LogP contribution in [0.5, 0.6) is 0 Å². The molecule has 0 aliphatic rings. The van der Waals surface area contributed by atoms with E-state index in [1.807, 2.05) is 24.0 Å². The van der Waals surface area contributed by atoms with Crippen LogP contribution in [0.3, 0.4) is 0 Å². The molecule has 1 aromatic rings. The number of H-pyrrole nitrogens is 1. The number of aryl methyl sites for hydroxylation is 2. The van der Waals surface area contributed by atoms with Crippen LogP contribution in [0.15, 0.2) is 12.4 Å². The molecule has 1 aromatic heterocycles. The lowest BCUT2D eigenvalue weighted by Gasteiger charge is -1.90. The maximum atomic E-state index is 8.53. The topological polar surface area (TPSA) is 106 Å². The molecule has 80 valence electrons. The Bertz CT molecular complexity index is 270. The van der Waals surface area contributed by atoms with Gasteiger partial charge in [0.25, 0.3) is 5.82 Å². The van der Waals surface area contributed by atoms with E-state index in [4.69, 9.17) is 20.4 Å². The molecule has 0 unspecified atom stereocenters. The molecule has 0 atom stereocenters. The molecule has 0 amide bonds. The lowest BCUT2D eigenvalue weighted by Crippen LogP contribution is -2.30. The summed E-state index contributed by atoms with van der Waals surface area (Å²) in [7, 11) is 1.99. The van der Waals surface area contributed by atoms with Crippen molar-refractivity contribution in [2.45, 2.75) is 12.8 Å². The molecular formula is C7H13N3O4. The van der Waals surface area contributed by atoms with E-state index in [1.54, 1.807) is 0 Å². The van der Waals surface area contributed by atoms with Gasteiger partial charge >= 0.3 is 0 Å². The average Bonchev–Trinajstić information content (AvgIpc) is 2.47. The van der Waals surface area contributed by atoms with E-state index in [2.05, 4.69) is 4.98 Å². The fourth-order valence-electron chi connectivity index (χ4n) is 0.932. The van der Waals surface area contributed by atoms with Gasteiger partial charge in [0.15, 0.2) is 0 Å². The highest BCUT2D eigenvalue weighted by Crippen LogP contribution is 1.90. The molecule has 0 aliphatic carbocycles. The van der Waals surface area contributed by atoms with E-state index < -0.39 is 5.09 Å². The average molecular weight is 203 g/mol. The Hall–Kier alpha value is -1.63. The van der Waals surface area contributed by atoms with Gasteiger partial charge in [0.2, 0.25) is 0 Å². The fraction of sp³-hybridized carbons (Fsp3) is 0.571. The Morgan fingerprint density at radius 1 is 1.64 bits per heavy atom. The van der Waals surface area contributed by atoms with Crippen LogP contribution < -0.4 is 4.57 Å². The Balaban J connectivity index is 0.000000364. The highest BCUT2D eigenvalue weighted by atomic mass is 16.9. The lowest BCUT2D eigenvalue weighted by molar-refractivity contribution is -0.677. The van der Waals surface area contributed by atoms with Gasteiger partial charge in [-0.2, -0.15) is 0 Å². The van der Waals surface area contributed by atoms with Gasteiger partial charge in [0.1, 0.15) is 12.4 Å². The second kappa shape index (κ2) is 6.84. The smallest absolute Gasteiger partial charge is 0.254 e. The van der Waals surface area contributed by atoms with E-state index in [-0.39, 0.29) is 6.61 Å². The largest absolute Gasteiger partial charge is 0.396 e. The van der Waals surface area contributed by atoms with Crippen molar-refractivity contribution in [2.24, 2.45) is 7.05 Å². The number of hydrogen-bond acceptors (Lipinski definition) is 4. The van der Waals surface area contributed by atoms with Gasteiger partial charge < -0.3 is 20.4 Å². The van der Waals surface area contributed by atoms with Gasteiger partial charge in [0.05, 0.1) is 18.6 Å². The van der Waals surface area contributed by atoms with E-state index in [0.717, 1.165) is 18.7 Å². The summed E-state index contributed by atoms with van der Waals surface area (Å²) < 4.78 is 2.02. The maximum Gasteiger partial charge on any atom is 0.254 e. The van der Waals surface area contributed by atoms with Crippen LogP contribution in [0.4, 0.5) is 0 Å². The van der Waals surface area contributed by atoms with E-state index in [1.165, 1.54) is 0 Å². The molecule has 0 saturated heterocycles. The quantitative estimate of drug-likeness (QED) is 0.393. The summed E-state index contributed by atoms with van der Waals surface area (Å²) in [6.07, 6.45) is 5.60. The summed E-state index contributed by atoms with van der Waals surface area (Å²) >= 11 is 0. The van der Waals surface area contributed by atoms with Gasteiger partial charge in [0, 0.05) is 6.61 Å². The molecule has 7 nitrogen and oxygen atoms in total. The van der Waals surface area contributed by atoms with Crippen molar-refractivity contribution < 1.29 is 14.8 Å². The zero-order valence-corrected chi connectivity index (χ0v) is 7.84. The van der Waals surface area contributed by atoms with Crippen LogP contribution in [0.25, 0.3) is 0 Å². The van der Waals surface area contributed by atoms with Crippen LogP contribution in [-0.2, 0) is 13.5 Å². The number of nitrogens with zero attached hydrogens (tertiary/aromatic N) is 2. The molecular weight excluding hydrogens is 190 g/mol. The molecule has 0 spiro atoms. The van der Waals surface area contributed by atoms with Gasteiger partial charge in [-0.05, 0) is 6.42 Å². The summed E-state index contributed by atoms with van der Waals surface area (Å²) in [5.74, 6) is 1.16. The zero-order chi connectivity index (χ0) is 11.0. The van der Waals surface area contributed by atoms with Gasteiger partial charge in [-0.3, -0.25) is 0 Å². The minimum Gasteiger partial charge on any atom is -0.396 e. The van der Waals surface area contributed by atoms with Crippen molar-refractivity contribution in [3.05, 3.63) is 33.5 Å². The number of rotatable bonds is 3. The Labute approximate surface area is 80.7 Å². The first kappa shape index (κ1) is 12.4. The van der Waals surface area contributed by atoms with Crippen LogP contribution in [0.2, 0.25) is 0 Å². The van der Waals surface area contributed by atoms with Gasteiger partial charge in [-0.15, -0.1) is 0 Å². The molecule has 1 heterocycles. The van der Waals surface area contributed by atoms with Gasteiger partial charge in [-0.25, -0.2) is 9.55 Å². The third-order valence-corrected chi connectivity index (χ3v) is 1.55. The van der Waals surface area contributed by atoms with Crippen molar-refractivity contribution >= 4 is 0 Å². The van der Waals surface area contributed by atoms with Crippen LogP contribution in [-0.4, -0.2) is 21.8 Å². The van der Waals surface area contributed by atoms with E-state index >= 15 is 0 Å². The minimum atomic E-state index is -1.75. The predicted octanol–water partition coefficient (Wildman–Crippen LogP) is -0.475. The molecule has 7 heteroatoms.